The van der Waals surface area contributed by atoms with Crippen LogP contribution in [0.15, 0.2) is 30.3 Å². The molecule has 0 atom stereocenters. The first-order valence-corrected chi connectivity index (χ1v) is 6.82. The van der Waals surface area contributed by atoms with E-state index in [-0.39, 0.29) is 31.2 Å². The van der Waals surface area contributed by atoms with Gasteiger partial charge in [-0.3, -0.25) is 9.59 Å². The molecule has 0 saturated carbocycles. The van der Waals surface area contributed by atoms with Crippen LogP contribution in [0.4, 0.5) is 0 Å². The van der Waals surface area contributed by atoms with Crippen molar-refractivity contribution in [3.8, 4) is 5.75 Å². The van der Waals surface area contributed by atoms with E-state index in [1.165, 1.54) is 11.6 Å². The lowest BCUT2D eigenvalue weighted by Gasteiger charge is -2.07. The minimum absolute atomic E-state index is 0.0859. The van der Waals surface area contributed by atoms with Gasteiger partial charge in [-0.25, -0.2) is 4.68 Å². The molecule has 0 saturated heterocycles. The van der Waals surface area contributed by atoms with Crippen LogP contribution in [0.1, 0.15) is 23.1 Å². The maximum atomic E-state index is 11.7. The van der Waals surface area contributed by atoms with Gasteiger partial charge in [0.1, 0.15) is 25.5 Å². The lowest BCUT2D eigenvalue weighted by Crippen LogP contribution is -2.18. The Morgan fingerprint density at radius 1 is 1.18 bits per heavy atom. The molecule has 1 heterocycles. The third-order valence-corrected chi connectivity index (χ3v) is 2.95. The normalized spacial score (nSPS) is 10.3. The predicted molar refractivity (Wildman–Crippen MR) is 77.7 cm³/mol. The number of carbonyl (C=O) groups is 2. The molecule has 0 amide bonds. The minimum Gasteiger partial charge on any atom is -0.490 e. The third-order valence-electron chi connectivity index (χ3n) is 2.95. The number of rotatable bonds is 7. The Kier molecular flexibility index (Phi) is 5.24. The second kappa shape index (κ2) is 7.35. The summed E-state index contributed by atoms with van der Waals surface area (Å²) in [5.74, 6) is 0.0740. The van der Waals surface area contributed by atoms with Gasteiger partial charge in [0, 0.05) is 6.92 Å². The molecule has 116 valence electrons. The van der Waals surface area contributed by atoms with E-state index >= 15 is 0 Å². The highest BCUT2D eigenvalue weighted by Crippen LogP contribution is 2.08. The molecule has 0 bridgehead atoms. The largest absolute Gasteiger partial charge is 0.490 e. The molecule has 0 N–H and O–H groups in total. The zero-order valence-electron chi connectivity index (χ0n) is 12.5. The molecule has 0 radical (unpaired) electrons. The smallest absolute Gasteiger partial charge is 0.327 e. The van der Waals surface area contributed by atoms with Gasteiger partial charge in [-0.1, -0.05) is 23.4 Å². The summed E-state index contributed by atoms with van der Waals surface area (Å²) in [6.07, 6.45) is 0. The fourth-order valence-corrected chi connectivity index (χ4v) is 1.84. The van der Waals surface area contributed by atoms with Gasteiger partial charge >= 0.3 is 5.97 Å². The van der Waals surface area contributed by atoms with Crippen LogP contribution in [0, 0.1) is 6.92 Å². The maximum absolute atomic E-state index is 11.7. The SMILES string of the molecule is CC(=O)c1nnn(CC(=O)OCCOc2ccccc2)c1C. The van der Waals surface area contributed by atoms with Crippen LogP contribution < -0.4 is 4.74 Å². The number of nitrogens with zero attached hydrogens (tertiary/aromatic N) is 3. The number of hydrogen-bond donors (Lipinski definition) is 0. The van der Waals surface area contributed by atoms with Crippen molar-refractivity contribution >= 4 is 11.8 Å². The number of aromatic nitrogens is 3. The molecule has 0 aliphatic heterocycles. The molecule has 0 fully saturated rings. The number of hydrogen-bond acceptors (Lipinski definition) is 6. The van der Waals surface area contributed by atoms with Crippen molar-refractivity contribution in [2.45, 2.75) is 20.4 Å². The summed E-state index contributed by atoms with van der Waals surface area (Å²) >= 11 is 0. The Balaban J connectivity index is 1.75. The zero-order chi connectivity index (χ0) is 15.9. The van der Waals surface area contributed by atoms with Gasteiger partial charge in [0.25, 0.3) is 0 Å². The molecule has 7 nitrogen and oxygen atoms in total. The van der Waals surface area contributed by atoms with Crippen LogP contribution in [-0.2, 0) is 16.1 Å². The quantitative estimate of drug-likeness (QED) is 0.437. The summed E-state index contributed by atoms with van der Waals surface area (Å²) in [5, 5.41) is 7.50. The van der Waals surface area contributed by atoms with Crippen molar-refractivity contribution in [2.24, 2.45) is 0 Å². The van der Waals surface area contributed by atoms with Gasteiger partial charge in [0.2, 0.25) is 0 Å². The van der Waals surface area contributed by atoms with Gasteiger partial charge < -0.3 is 9.47 Å². The highest BCUT2D eigenvalue weighted by atomic mass is 16.6. The summed E-state index contributed by atoms with van der Waals surface area (Å²) in [5.41, 5.74) is 0.810. The lowest BCUT2D eigenvalue weighted by atomic mass is 10.2. The highest BCUT2D eigenvalue weighted by Gasteiger charge is 2.15. The number of esters is 1. The molecule has 0 spiro atoms. The summed E-state index contributed by atoms with van der Waals surface area (Å²) in [6.45, 7) is 3.41. The van der Waals surface area contributed by atoms with Crippen LogP contribution >= 0.6 is 0 Å². The molecule has 22 heavy (non-hydrogen) atoms. The zero-order valence-corrected chi connectivity index (χ0v) is 12.5. The van der Waals surface area contributed by atoms with E-state index < -0.39 is 5.97 Å². The first-order valence-electron chi connectivity index (χ1n) is 6.82. The molecular formula is C15H17N3O4. The van der Waals surface area contributed by atoms with Crippen molar-refractivity contribution in [3.05, 3.63) is 41.7 Å². The number of para-hydroxylation sites is 1. The van der Waals surface area contributed by atoms with E-state index in [9.17, 15) is 9.59 Å². The molecule has 0 unspecified atom stereocenters. The van der Waals surface area contributed by atoms with Crippen LogP contribution in [0.5, 0.6) is 5.75 Å². The van der Waals surface area contributed by atoms with Gasteiger partial charge in [0.05, 0.1) is 5.69 Å². The van der Waals surface area contributed by atoms with Gasteiger partial charge in [-0.2, -0.15) is 0 Å². The molecule has 1 aromatic heterocycles. The van der Waals surface area contributed by atoms with E-state index in [0.29, 0.717) is 5.69 Å². The van der Waals surface area contributed by atoms with E-state index in [1.54, 1.807) is 6.92 Å². The molecule has 2 aromatic rings. The minimum atomic E-state index is -0.459. The number of Topliss-reactive ketones (excluding diaryl/α,β-unsaturated/α-hetero) is 1. The van der Waals surface area contributed by atoms with Gasteiger partial charge in [0.15, 0.2) is 11.5 Å². The molecule has 2 rings (SSSR count). The summed E-state index contributed by atoms with van der Waals surface area (Å²) in [7, 11) is 0. The maximum Gasteiger partial charge on any atom is 0.327 e. The first kappa shape index (κ1) is 15.7. The van der Waals surface area contributed by atoms with E-state index in [0.717, 1.165) is 5.75 Å². The summed E-state index contributed by atoms with van der Waals surface area (Å²) in [6, 6.07) is 9.26. The van der Waals surface area contributed by atoms with Crippen molar-refractivity contribution in [1.82, 2.24) is 15.0 Å². The second-order valence-corrected chi connectivity index (χ2v) is 4.62. The monoisotopic (exact) mass is 303 g/mol. The topological polar surface area (TPSA) is 83.3 Å². The van der Waals surface area contributed by atoms with E-state index in [4.69, 9.17) is 9.47 Å². The van der Waals surface area contributed by atoms with Crippen molar-refractivity contribution in [1.29, 1.82) is 0 Å². The van der Waals surface area contributed by atoms with Crippen LogP contribution in [0.3, 0.4) is 0 Å². The Bertz CT molecular complexity index is 652. The highest BCUT2D eigenvalue weighted by molar-refractivity contribution is 5.93. The first-order chi connectivity index (χ1) is 10.6. The number of carbonyl (C=O) groups excluding carboxylic acids is 2. The summed E-state index contributed by atoms with van der Waals surface area (Å²) in [4.78, 5) is 23.0. The Morgan fingerprint density at radius 2 is 1.91 bits per heavy atom. The molecule has 1 aromatic carbocycles. The second-order valence-electron chi connectivity index (χ2n) is 4.62. The number of ether oxygens (including phenoxy) is 2. The Hall–Kier alpha value is -2.70. The van der Waals surface area contributed by atoms with Crippen molar-refractivity contribution < 1.29 is 19.1 Å². The molecule has 0 aliphatic carbocycles. The summed E-state index contributed by atoms with van der Waals surface area (Å²) < 4.78 is 11.8. The van der Waals surface area contributed by atoms with Gasteiger partial charge in [-0.15, -0.1) is 5.10 Å². The Labute approximate surface area is 127 Å². The molecule has 0 aliphatic rings. The van der Waals surface area contributed by atoms with Crippen molar-refractivity contribution in [2.75, 3.05) is 13.2 Å². The van der Waals surface area contributed by atoms with Crippen LogP contribution in [0.25, 0.3) is 0 Å². The fourth-order valence-electron chi connectivity index (χ4n) is 1.84. The van der Waals surface area contributed by atoms with Gasteiger partial charge in [-0.05, 0) is 19.1 Å². The fraction of sp³-hybridized carbons (Fsp3) is 0.333. The predicted octanol–water partition coefficient (Wildman–Crippen LogP) is 1.41. The standard InChI is InChI=1S/C15H17N3O4/c1-11-15(12(2)19)16-17-18(11)10-14(20)22-9-8-21-13-6-4-3-5-7-13/h3-7H,8-10H2,1-2H3. The van der Waals surface area contributed by atoms with Crippen LogP contribution in [-0.4, -0.2) is 40.0 Å². The Morgan fingerprint density at radius 3 is 2.55 bits per heavy atom. The van der Waals surface area contributed by atoms with E-state index in [1.807, 2.05) is 30.3 Å². The lowest BCUT2D eigenvalue weighted by molar-refractivity contribution is -0.145. The average Bonchev–Trinajstić information content (AvgIpc) is 2.86. The molecular weight excluding hydrogens is 286 g/mol. The van der Waals surface area contributed by atoms with E-state index in [2.05, 4.69) is 10.3 Å². The molecule has 7 heteroatoms. The van der Waals surface area contributed by atoms with Crippen molar-refractivity contribution in [3.63, 3.8) is 0 Å². The average molecular weight is 303 g/mol. The number of ketones is 1. The third kappa shape index (κ3) is 4.15. The van der Waals surface area contributed by atoms with Crippen LogP contribution in [0.2, 0.25) is 0 Å². The number of benzene rings is 1.